The number of hydrogen-bond acceptors (Lipinski definition) is 2. The summed E-state index contributed by atoms with van der Waals surface area (Å²) < 4.78 is 0. The Bertz CT molecular complexity index is 712. The average molecular weight is 323 g/mol. The Morgan fingerprint density at radius 3 is 2.58 bits per heavy atom. The second kappa shape index (κ2) is 6.95. The first-order chi connectivity index (χ1) is 11.6. The van der Waals surface area contributed by atoms with Gasteiger partial charge in [0.2, 0.25) is 0 Å². The third kappa shape index (κ3) is 3.37. The minimum Gasteiger partial charge on any atom is -0.377 e. The molecule has 4 heteroatoms. The van der Waals surface area contributed by atoms with Gasteiger partial charge in [-0.1, -0.05) is 36.4 Å². The first-order valence-corrected chi connectivity index (χ1v) is 8.44. The molecular formula is C20H25N3O. The Morgan fingerprint density at radius 1 is 1.12 bits per heavy atom. The molecule has 1 aliphatic heterocycles. The highest BCUT2D eigenvalue weighted by Gasteiger charge is 2.27. The number of amides is 2. The van der Waals surface area contributed by atoms with Gasteiger partial charge < -0.3 is 15.1 Å². The quantitative estimate of drug-likeness (QED) is 0.924. The number of nitrogens with one attached hydrogen (secondary N) is 1. The average Bonchev–Trinajstić information content (AvgIpc) is 3.07. The Kier molecular flexibility index (Phi) is 4.74. The van der Waals surface area contributed by atoms with E-state index in [0.717, 1.165) is 36.4 Å². The molecule has 4 nitrogen and oxygen atoms in total. The SMILES string of the molecule is Cc1c(NC(=O)N2CC[C@@H](c3ccccc3)C2)cccc1N(C)C. The predicted molar refractivity (Wildman–Crippen MR) is 99.9 cm³/mol. The van der Waals surface area contributed by atoms with Gasteiger partial charge in [0, 0.05) is 44.5 Å². The van der Waals surface area contributed by atoms with E-state index in [1.54, 1.807) is 0 Å². The lowest BCUT2D eigenvalue weighted by Crippen LogP contribution is -2.33. The second-order valence-electron chi connectivity index (χ2n) is 6.62. The number of likely N-dealkylation sites (tertiary alicyclic amines) is 1. The molecule has 1 N–H and O–H groups in total. The predicted octanol–water partition coefficient (Wildman–Crippen LogP) is 4.08. The van der Waals surface area contributed by atoms with Crippen LogP contribution in [0, 0.1) is 6.92 Å². The van der Waals surface area contributed by atoms with Gasteiger partial charge in [-0.25, -0.2) is 4.79 Å². The van der Waals surface area contributed by atoms with E-state index in [1.165, 1.54) is 5.56 Å². The van der Waals surface area contributed by atoms with Gasteiger partial charge in [-0.2, -0.15) is 0 Å². The monoisotopic (exact) mass is 323 g/mol. The minimum atomic E-state index is -0.00700. The Hall–Kier alpha value is -2.49. The number of anilines is 2. The van der Waals surface area contributed by atoms with Crippen LogP contribution in [0.2, 0.25) is 0 Å². The fourth-order valence-corrected chi connectivity index (χ4v) is 3.38. The molecule has 0 radical (unpaired) electrons. The van der Waals surface area contributed by atoms with Crippen LogP contribution in [0.4, 0.5) is 16.2 Å². The van der Waals surface area contributed by atoms with Crippen molar-refractivity contribution in [3.8, 4) is 0 Å². The van der Waals surface area contributed by atoms with Crippen LogP contribution < -0.4 is 10.2 Å². The van der Waals surface area contributed by atoms with Gasteiger partial charge in [0.15, 0.2) is 0 Å². The molecule has 1 heterocycles. The van der Waals surface area contributed by atoms with Crippen molar-refractivity contribution in [2.45, 2.75) is 19.3 Å². The lowest BCUT2D eigenvalue weighted by molar-refractivity contribution is 0.222. The number of benzene rings is 2. The maximum absolute atomic E-state index is 12.6. The number of rotatable bonds is 3. The number of nitrogens with zero attached hydrogens (tertiary/aromatic N) is 2. The molecule has 1 fully saturated rings. The summed E-state index contributed by atoms with van der Waals surface area (Å²) in [5.74, 6) is 0.436. The zero-order valence-electron chi connectivity index (χ0n) is 14.6. The maximum Gasteiger partial charge on any atom is 0.321 e. The van der Waals surface area contributed by atoms with Crippen molar-refractivity contribution in [3.05, 3.63) is 59.7 Å². The highest BCUT2D eigenvalue weighted by atomic mass is 16.2. The molecule has 0 aromatic heterocycles. The minimum absolute atomic E-state index is 0.00700. The number of urea groups is 1. The summed E-state index contributed by atoms with van der Waals surface area (Å²) in [7, 11) is 4.03. The summed E-state index contributed by atoms with van der Waals surface area (Å²) in [5.41, 5.74) is 4.42. The van der Waals surface area contributed by atoms with Crippen molar-refractivity contribution in [1.82, 2.24) is 4.90 Å². The van der Waals surface area contributed by atoms with Gasteiger partial charge >= 0.3 is 6.03 Å². The van der Waals surface area contributed by atoms with Crippen LogP contribution in [0.15, 0.2) is 48.5 Å². The summed E-state index contributed by atoms with van der Waals surface area (Å²) in [6, 6.07) is 16.5. The van der Waals surface area contributed by atoms with Crippen LogP contribution >= 0.6 is 0 Å². The molecule has 1 atom stereocenters. The van der Waals surface area contributed by atoms with Crippen molar-refractivity contribution in [3.63, 3.8) is 0 Å². The van der Waals surface area contributed by atoms with E-state index >= 15 is 0 Å². The van der Waals surface area contributed by atoms with Crippen LogP contribution in [0.3, 0.4) is 0 Å². The maximum atomic E-state index is 12.6. The summed E-state index contributed by atoms with van der Waals surface area (Å²) >= 11 is 0. The van der Waals surface area contributed by atoms with E-state index in [-0.39, 0.29) is 6.03 Å². The van der Waals surface area contributed by atoms with Crippen molar-refractivity contribution in [2.24, 2.45) is 0 Å². The molecule has 1 saturated heterocycles. The van der Waals surface area contributed by atoms with Crippen LogP contribution in [0.1, 0.15) is 23.5 Å². The summed E-state index contributed by atoms with van der Waals surface area (Å²) in [4.78, 5) is 16.6. The highest BCUT2D eigenvalue weighted by Crippen LogP contribution is 2.29. The van der Waals surface area contributed by atoms with E-state index in [2.05, 4.69) is 40.5 Å². The molecule has 0 bridgehead atoms. The number of carbonyl (C=O) groups is 1. The third-order valence-corrected chi connectivity index (χ3v) is 4.78. The molecule has 2 aromatic carbocycles. The number of hydrogen-bond donors (Lipinski definition) is 1. The van der Waals surface area contributed by atoms with Crippen LogP contribution in [0.5, 0.6) is 0 Å². The van der Waals surface area contributed by atoms with E-state index in [0.29, 0.717) is 5.92 Å². The van der Waals surface area contributed by atoms with Crippen LogP contribution in [0.25, 0.3) is 0 Å². The smallest absolute Gasteiger partial charge is 0.321 e. The van der Waals surface area contributed by atoms with E-state index < -0.39 is 0 Å². The first-order valence-electron chi connectivity index (χ1n) is 8.44. The normalized spacial score (nSPS) is 17.0. The largest absolute Gasteiger partial charge is 0.377 e. The van der Waals surface area contributed by atoms with Crippen molar-refractivity contribution in [2.75, 3.05) is 37.4 Å². The van der Waals surface area contributed by atoms with Gasteiger partial charge in [0.05, 0.1) is 0 Å². The number of carbonyl (C=O) groups excluding carboxylic acids is 1. The fourth-order valence-electron chi connectivity index (χ4n) is 3.38. The zero-order chi connectivity index (χ0) is 17.1. The van der Waals surface area contributed by atoms with Crippen molar-refractivity contribution >= 4 is 17.4 Å². The fraction of sp³-hybridized carbons (Fsp3) is 0.350. The third-order valence-electron chi connectivity index (χ3n) is 4.78. The Labute approximate surface area is 144 Å². The van der Waals surface area contributed by atoms with E-state index in [1.807, 2.05) is 44.1 Å². The lowest BCUT2D eigenvalue weighted by atomic mass is 9.99. The molecule has 0 aliphatic carbocycles. The first kappa shape index (κ1) is 16.4. The van der Waals surface area contributed by atoms with Gasteiger partial charge in [-0.15, -0.1) is 0 Å². The van der Waals surface area contributed by atoms with Crippen molar-refractivity contribution < 1.29 is 4.79 Å². The molecule has 0 saturated carbocycles. The zero-order valence-corrected chi connectivity index (χ0v) is 14.6. The molecule has 126 valence electrons. The summed E-state index contributed by atoms with van der Waals surface area (Å²) in [6.45, 7) is 3.63. The van der Waals surface area contributed by atoms with Gasteiger partial charge in [-0.3, -0.25) is 0 Å². The van der Waals surface area contributed by atoms with Gasteiger partial charge in [0.25, 0.3) is 0 Å². The topological polar surface area (TPSA) is 35.6 Å². The lowest BCUT2D eigenvalue weighted by Gasteiger charge is -2.21. The second-order valence-corrected chi connectivity index (χ2v) is 6.62. The van der Waals surface area contributed by atoms with E-state index in [4.69, 9.17) is 0 Å². The molecule has 3 rings (SSSR count). The van der Waals surface area contributed by atoms with E-state index in [9.17, 15) is 4.79 Å². The molecule has 0 unspecified atom stereocenters. The van der Waals surface area contributed by atoms with Gasteiger partial charge in [-0.05, 0) is 36.6 Å². The molecule has 24 heavy (non-hydrogen) atoms. The van der Waals surface area contributed by atoms with Crippen LogP contribution in [-0.4, -0.2) is 38.1 Å². The molecule has 2 amide bonds. The van der Waals surface area contributed by atoms with Crippen molar-refractivity contribution in [1.29, 1.82) is 0 Å². The van der Waals surface area contributed by atoms with Gasteiger partial charge in [0.1, 0.15) is 0 Å². The molecule has 0 spiro atoms. The van der Waals surface area contributed by atoms with Crippen LogP contribution in [-0.2, 0) is 0 Å². The Balaban J connectivity index is 1.67. The Morgan fingerprint density at radius 2 is 1.88 bits per heavy atom. The molecular weight excluding hydrogens is 298 g/mol. The summed E-state index contributed by atoms with van der Waals surface area (Å²) in [6.07, 6.45) is 1.02. The summed E-state index contributed by atoms with van der Waals surface area (Å²) in [5, 5.41) is 3.08. The highest BCUT2D eigenvalue weighted by molar-refractivity contribution is 5.91. The molecule has 1 aliphatic rings. The standard InChI is InChI=1S/C20H25N3O/c1-15-18(10-7-11-19(15)22(2)3)21-20(24)23-13-12-17(14-23)16-8-5-4-6-9-16/h4-11,17H,12-14H2,1-3H3,(H,21,24)/t17-/m1/s1. The molecule has 2 aromatic rings.